The maximum Gasteiger partial charge on any atom is 0.408 e. The predicted octanol–water partition coefficient (Wildman–Crippen LogP) is 1.71. The summed E-state index contributed by atoms with van der Waals surface area (Å²) in [5.41, 5.74) is -2.98. The SMILES string of the molecule is CC(C)(C)OC(=O)NC(C(=O)N1CC2[C@@H](C1C(=O)NC1(C(=O)C(=O)O)CC1)C2(C)C)C(C)(C)C. The van der Waals surface area contributed by atoms with Gasteiger partial charge in [0.25, 0.3) is 5.78 Å². The Morgan fingerprint density at radius 3 is 2.03 bits per heavy atom. The number of alkyl carbamates (subject to hydrolysis) is 1. The van der Waals surface area contributed by atoms with Crippen LogP contribution in [0.15, 0.2) is 0 Å². The van der Waals surface area contributed by atoms with Crippen LogP contribution in [0, 0.1) is 22.7 Å². The number of likely N-dealkylation sites (tertiary alicyclic amines) is 1. The molecule has 3 N–H and O–H groups in total. The Morgan fingerprint density at radius 2 is 1.59 bits per heavy atom. The van der Waals surface area contributed by atoms with Gasteiger partial charge < -0.3 is 25.4 Å². The van der Waals surface area contributed by atoms with Crippen molar-refractivity contribution in [1.82, 2.24) is 15.5 Å². The van der Waals surface area contributed by atoms with Crippen molar-refractivity contribution in [1.29, 1.82) is 0 Å². The molecule has 190 valence electrons. The minimum atomic E-state index is -1.59. The van der Waals surface area contributed by atoms with Gasteiger partial charge in [-0.25, -0.2) is 9.59 Å². The van der Waals surface area contributed by atoms with Crippen LogP contribution in [0.3, 0.4) is 0 Å². The van der Waals surface area contributed by atoms with Crippen molar-refractivity contribution in [2.45, 2.75) is 91.5 Å². The fourth-order valence-corrected chi connectivity index (χ4v) is 5.10. The van der Waals surface area contributed by atoms with Gasteiger partial charge in [0.15, 0.2) is 0 Å². The normalized spacial score (nSPS) is 27.2. The van der Waals surface area contributed by atoms with E-state index >= 15 is 0 Å². The van der Waals surface area contributed by atoms with Crippen LogP contribution in [0.25, 0.3) is 0 Å². The van der Waals surface area contributed by atoms with Crippen LogP contribution < -0.4 is 10.6 Å². The van der Waals surface area contributed by atoms with Crippen molar-refractivity contribution < 1.29 is 33.8 Å². The molecule has 2 saturated carbocycles. The van der Waals surface area contributed by atoms with Crippen molar-refractivity contribution in [3.8, 4) is 0 Å². The molecule has 3 aliphatic rings. The number of amides is 3. The summed E-state index contributed by atoms with van der Waals surface area (Å²) < 4.78 is 5.34. The van der Waals surface area contributed by atoms with E-state index in [0.717, 1.165) is 0 Å². The molecule has 10 heteroatoms. The molecule has 0 bridgehead atoms. The Labute approximate surface area is 200 Å². The largest absolute Gasteiger partial charge is 0.475 e. The van der Waals surface area contributed by atoms with Gasteiger partial charge in [0.1, 0.15) is 23.2 Å². The van der Waals surface area contributed by atoms with E-state index in [-0.39, 0.29) is 30.1 Å². The van der Waals surface area contributed by atoms with Crippen molar-refractivity contribution in [3.63, 3.8) is 0 Å². The average Bonchev–Trinajstić information content (AvgIpc) is 3.46. The van der Waals surface area contributed by atoms with Crippen LogP contribution in [0.4, 0.5) is 4.79 Å². The second-order valence-electron chi connectivity index (χ2n) is 12.5. The lowest BCUT2D eigenvalue weighted by Crippen LogP contribution is -2.61. The van der Waals surface area contributed by atoms with Gasteiger partial charge in [-0.3, -0.25) is 14.4 Å². The lowest BCUT2D eigenvalue weighted by Gasteiger charge is -2.38. The zero-order valence-electron chi connectivity index (χ0n) is 21.3. The number of hydrogen-bond acceptors (Lipinski definition) is 6. The first-order chi connectivity index (χ1) is 15.3. The lowest BCUT2D eigenvalue weighted by molar-refractivity contribution is -0.151. The number of fused-ring (bicyclic) bond motifs is 1. The molecule has 0 aromatic rings. The third-order valence-electron chi connectivity index (χ3n) is 7.28. The van der Waals surface area contributed by atoms with E-state index in [4.69, 9.17) is 9.84 Å². The van der Waals surface area contributed by atoms with Crippen LogP contribution in [-0.2, 0) is 23.9 Å². The minimum Gasteiger partial charge on any atom is -0.475 e. The number of ketones is 1. The molecule has 1 saturated heterocycles. The summed E-state index contributed by atoms with van der Waals surface area (Å²) >= 11 is 0. The number of rotatable bonds is 6. The summed E-state index contributed by atoms with van der Waals surface area (Å²) in [4.78, 5) is 64.4. The van der Waals surface area contributed by atoms with Crippen LogP contribution in [0.1, 0.15) is 68.2 Å². The number of carbonyl (C=O) groups is 5. The molecular formula is C24H37N3O7. The Hall–Kier alpha value is -2.65. The van der Waals surface area contributed by atoms with E-state index in [9.17, 15) is 24.0 Å². The zero-order chi connectivity index (χ0) is 26.0. The molecule has 1 heterocycles. The summed E-state index contributed by atoms with van der Waals surface area (Å²) in [5, 5.41) is 14.5. The first kappa shape index (κ1) is 26.0. The highest BCUT2D eigenvalue weighted by molar-refractivity contribution is 6.37. The highest BCUT2D eigenvalue weighted by Crippen LogP contribution is 2.65. The van der Waals surface area contributed by atoms with Gasteiger partial charge in [0.2, 0.25) is 11.8 Å². The highest BCUT2D eigenvalue weighted by Gasteiger charge is 2.70. The number of aliphatic carboxylic acids is 1. The number of nitrogens with one attached hydrogen (secondary N) is 2. The number of ether oxygens (including phenoxy) is 1. The lowest BCUT2D eigenvalue weighted by atomic mass is 9.85. The van der Waals surface area contributed by atoms with Gasteiger partial charge in [-0.1, -0.05) is 34.6 Å². The predicted molar refractivity (Wildman–Crippen MR) is 122 cm³/mol. The van der Waals surface area contributed by atoms with Gasteiger partial charge in [-0.05, 0) is 56.3 Å². The number of carbonyl (C=O) groups excluding carboxylic acids is 4. The van der Waals surface area contributed by atoms with Gasteiger partial charge in [0.05, 0.1) is 0 Å². The fraction of sp³-hybridized carbons (Fsp3) is 0.792. The Balaban J connectivity index is 1.84. The Bertz CT molecular complexity index is 924. The number of nitrogens with zero attached hydrogens (tertiary/aromatic N) is 1. The smallest absolute Gasteiger partial charge is 0.408 e. The summed E-state index contributed by atoms with van der Waals surface area (Å²) in [6.07, 6.45) is -0.213. The summed E-state index contributed by atoms with van der Waals surface area (Å²) in [6, 6.07) is -1.80. The van der Waals surface area contributed by atoms with Crippen molar-refractivity contribution >= 4 is 29.7 Å². The zero-order valence-corrected chi connectivity index (χ0v) is 21.3. The molecule has 3 fully saturated rings. The molecule has 0 aromatic carbocycles. The third kappa shape index (κ3) is 4.77. The molecule has 3 amide bonds. The van der Waals surface area contributed by atoms with Gasteiger partial charge >= 0.3 is 12.1 Å². The van der Waals surface area contributed by atoms with E-state index in [1.165, 1.54) is 4.90 Å². The van der Waals surface area contributed by atoms with Crippen LogP contribution in [0.2, 0.25) is 0 Å². The second kappa shape index (κ2) is 7.95. The van der Waals surface area contributed by atoms with E-state index in [2.05, 4.69) is 10.6 Å². The third-order valence-corrected chi connectivity index (χ3v) is 7.28. The maximum absolute atomic E-state index is 13.7. The van der Waals surface area contributed by atoms with Crippen molar-refractivity contribution in [2.24, 2.45) is 22.7 Å². The maximum atomic E-state index is 13.7. The Kier molecular flexibility index (Phi) is 6.07. The Morgan fingerprint density at radius 1 is 1.03 bits per heavy atom. The van der Waals surface area contributed by atoms with Gasteiger partial charge in [-0.2, -0.15) is 0 Å². The molecule has 2 aliphatic carbocycles. The number of carboxylic acid groups (broad SMARTS) is 1. The summed E-state index contributed by atoms with van der Waals surface area (Å²) in [7, 11) is 0. The van der Waals surface area contributed by atoms with E-state index in [0.29, 0.717) is 6.54 Å². The second-order valence-corrected chi connectivity index (χ2v) is 12.5. The van der Waals surface area contributed by atoms with Gasteiger partial charge in [-0.15, -0.1) is 0 Å². The molecule has 10 nitrogen and oxygen atoms in total. The first-order valence-corrected chi connectivity index (χ1v) is 11.7. The average molecular weight is 480 g/mol. The standard InChI is InChI=1S/C24H37N3O7/c1-21(2,3)15(25-20(33)34-22(4,5)6)18(30)27-11-12-13(23(12,7)8)14(27)17(29)26-24(9-10-24)16(28)19(31)32/h12-15H,9-11H2,1-8H3,(H,25,33)(H,26,29)(H,31,32)/t12?,13-,14?,15?/m0/s1. The van der Waals surface area contributed by atoms with E-state index < -0.39 is 58.3 Å². The topological polar surface area (TPSA) is 142 Å². The fourth-order valence-electron chi connectivity index (χ4n) is 5.10. The van der Waals surface area contributed by atoms with E-state index in [1.807, 2.05) is 34.6 Å². The molecule has 0 spiro atoms. The number of hydrogen-bond donors (Lipinski definition) is 3. The van der Waals surface area contributed by atoms with Crippen molar-refractivity contribution in [2.75, 3.05) is 6.54 Å². The number of Topliss-reactive ketones (excluding diaryl/α,β-unsaturated/α-hetero) is 1. The molecular weight excluding hydrogens is 442 g/mol. The summed E-state index contributed by atoms with van der Waals surface area (Å²) in [6.45, 7) is 15.0. The molecule has 3 unspecified atom stereocenters. The molecule has 3 rings (SSSR count). The molecule has 0 aromatic heterocycles. The number of carboxylic acids is 1. The van der Waals surface area contributed by atoms with Crippen LogP contribution in [-0.4, -0.2) is 69.4 Å². The molecule has 0 radical (unpaired) electrons. The molecule has 34 heavy (non-hydrogen) atoms. The molecule has 4 atom stereocenters. The minimum absolute atomic E-state index is 0.0969. The highest BCUT2D eigenvalue weighted by atomic mass is 16.6. The number of piperidine rings is 1. The molecule has 1 aliphatic heterocycles. The first-order valence-electron chi connectivity index (χ1n) is 11.7. The summed E-state index contributed by atoms with van der Waals surface area (Å²) in [5.74, 6) is -3.58. The van der Waals surface area contributed by atoms with Crippen LogP contribution in [0.5, 0.6) is 0 Å². The van der Waals surface area contributed by atoms with Crippen molar-refractivity contribution in [3.05, 3.63) is 0 Å². The van der Waals surface area contributed by atoms with Gasteiger partial charge in [0, 0.05) is 6.54 Å². The monoisotopic (exact) mass is 479 g/mol. The quantitative estimate of drug-likeness (QED) is 0.492. The van der Waals surface area contributed by atoms with E-state index in [1.54, 1.807) is 20.8 Å². The van der Waals surface area contributed by atoms with Crippen LogP contribution >= 0.6 is 0 Å².